The van der Waals surface area contributed by atoms with E-state index in [1.165, 1.54) is 11.4 Å². The number of carbonyl (C=O) groups excluding carboxylic acids is 2. The molecule has 2 amide bonds. The number of rotatable bonds is 13. The number of aryl methyl sites for hydroxylation is 1. The number of amides is 2. The Morgan fingerprint density at radius 3 is 2.28 bits per heavy atom. The molecule has 2 rings (SSSR count). The number of nitrogens with zero attached hydrogens (tertiary/aromatic N) is 2. The van der Waals surface area contributed by atoms with Gasteiger partial charge in [-0.05, 0) is 51.3 Å². The monoisotopic (exact) mass is 517 g/mol. The third-order valence-electron chi connectivity index (χ3n) is 6.15. The summed E-state index contributed by atoms with van der Waals surface area (Å²) >= 11 is 0. The Labute approximate surface area is 215 Å². The second-order valence-corrected chi connectivity index (χ2v) is 11.0. The zero-order chi connectivity index (χ0) is 26.9. The highest BCUT2D eigenvalue weighted by molar-refractivity contribution is 7.92. The molecule has 0 aliphatic carbocycles. The fraction of sp³-hybridized carbons (Fsp3) is 0.481. The summed E-state index contributed by atoms with van der Waals surface area (Å²) in [6.07, 6.45) is 2.29. The smallest absolute Gasteiger partial charge is 0.242 e. The van der Waals surface area contributed by atoms with Crippen LogP contribution in [0.5, 0.6) is 5.75 Å². The quantitative estimate of drug-likeness (QED) is 0.435. The Morgan fingerprint density at radius 1 is 1.06 bits per heavy atom. The highest BCUT2D eigenvalue weighted by Gasteiger charge is 2.27. The van der Waals surface area contributed by atoms with E-state index in [2.05, 4.69) is 5.32 Å². The Bertz CT molecular complexity index is 1120. The summed E-state index contributed by atoms with van der Waals surface area (Å²) in [5, 5.41) is 2.95. The summed E-state index contributed by atoms with van der Waals surface area (Å²) in [5.74, 6) is 0.0121. The maximum Gasteiger partial charge on any atom is 0.242 e. The van der Waals surface area contributed by atoms with Crippen molar-refractivity contribution in [2.24, 2.45) is 0 Å². The van der Waals surface area contributed by atoms with E-state index in [-0.39, 0.29) is 43.8 Å². The van der Waals surface area contributed by atoms with Crippen molar-refractivity contribution >= 4 is 27.5 Å². The van der Waals surface area contributed by atoms with Crippen molar-refractivity contribution in [2.45, 2.75) is 65.6 Å². The Morgan fingerprint density at radius 2 is 1.69 bits per heavy atom. The molecule has 0 aromatic heterocycles. The lowest BCUT2D eigenvalue weighted by atomic mass is 10.1. The first-order valence-electron chi connectivity index (χ1n) is 12.2. The molecular weight excluding hydrogens is 478 g/mol. The van der Waals surface area contributed by atoms with Crippen LogP contribution in [-0.4, -0.2) is 57.1 Å². The van der Waals surface area contributed by atoms with Crippen LogP contribution in [0.2, 0.25) is 0 Å². The van der Waals surface area contributed by atoms with E-state index < -0.39 is 16.1 Å². The molecule has 1 N–H and O–H groups in total. The van der Waals surface area contributed by atoms with Crippen LogP contribution in [0.15, 0.2) is 48.5 Å². The van der Waals surface area contributed by atoms with Crippen LogP contribution in [0.4, 0.5) is 5.69 Å². The first-order chi connectivity index (χ1) is 17.0. The van der Waals surface area contributed by atoms with Crippen molar-refractivity contribution in [2.75, 3.05) is 24.2 Å². The van der Waals surface area contributed by atoms with Crippen molar-refractivity contribution < 1.29 is 22.7 Å². The Kier molecular flexibility index (Phi) is 10.8. The number of para-hydroxylation sites is 2. The molecule has 0 spiro atoms. The third kappa shape index (κ3) is 8.26. The van der Waals surface area contributed by atoms with Gasteiger partial charge in [-0.25, -0.2) is 8.42 Å². The van der Waals surface area contributed by atoms with Gasteiger partial charge in [0.15, 0.2) is 0 Å². The fourth-order valence-corrected chi connectivity index (χ4v) is 4.73. The highest BCUT2D eigenvalue weighted by Crippen LogP contribution is 2.29. The number of hydrogen-bond acceptors (Lipinski definition) is 5. The van der Waals surface area contributed by atoms with Gasteiger partial charge < -0.3 is 15.0 Å². The number of carbonyl (C=O) groups is 2. The van der Waals surface area contributed by atoms with Gasteiger partial charge in [-0.2, -0.15) is 0 Å². The normalized spacial score (nSPS) is 12.9. The number of anilines is 1. The fourth-order valence-electron chi connectivity index (χ4n) is 3.76. The summed E-state index contributed by atoms with van der Waals surface area (Å²) < 4.78 is 31.6. The molecule has 9 heteroatoms. The van der Waals surface area contributed by atoms with Gasteiger partial charge in [0.1, 0.15) is 11.8 Å². The van der Waals surface area contributed by atoms with Crippen molar-refractivity contribution in [1.82, 2.24) is 10.2 Å². The van der Waals surface area contributed by atoms with Gasteiger partial charge in [0.25, 0.3) is 0 Å². The average molecular weight is 518 g/mol. The lowest BCUT2D eigenvalue weighted by Gasteiger charge is -2.30. The lowest BCUT2D eigenvalue weighted by molar-refractivity contribution is -0.140. The molecule has 0 bridgehead atoms. The van der Waals surface area contributed by atoms with Crippen molar-refractivity contribution in [3.05, 3.63) is 59.7 Å². The Balaban J connectivity index is 2.19. The summed E-state index contributed by atoms with van der Waals surface area (Å²) in [7, 11) is -2.12. The van der Waals surface area contributed by atoms with Crippen molar-refractivity contribution in [1.29, 1.82) is 0 Å². The van der Waals surface area contributed by atoms with Crippen molar-refractivity contribution in [3.8, 4) is 5.75 Å². The molecule has 0 aliphatic rings. The van der Waals surface area contributed by atoms with Gasteiger partial charge >= 0.3 is 0 Å². The van der Waals surface area contributed by atoms with Gasteiger partial charge in [-0.15, -0.1) is 0 Å². The van der Waals surface area contributed by atoms with Gasteiger partial charge in [0.2, 0.25) is 21.8 Å². The van der Waals surface area contributed by atoms with Crippen LogP contribution in [0.1, 0.15) is 51.2 Å². The number of benzene rings is 2. The topological polar surface area (TPSA) is 96.0 Å². The maximum absolute atomic E-state index is 13.4. The van der Waals surface area contributed by atoms with Gasteiger partial charge in [-0.1, -0.05) is 48.9 Å². The first kappa shape index (κ1) is 29.2. The number of sulfonamides is 1. The molecule has 0 radical (unpaired) electrons. The predicted molar refractivity (Wildman–Crippen MR) is 144 cm³/mol. The molecule has 2 atom stereocenters. The molecule has 2 unspecified atom stereocenters. The van der Waals surface area contributed by atoms with E-state index in [1.807, 2.05) is 45.0 Å². The second-order valence-electron chi connectivity index (χ2n) is 9.11. The molecule has 0 saturated heterocycles. The minimum atomic E-state index is -3.60. The standard InChI is InChI=1S/C27H39N3O5S/c1-7-21(3)28-27(32)22(4)29(19-23-16-14-20(2)15-17-23)26(31)13-10-18-30(36(6,33)34)24-11-8-9-12-25(24)35-5/h8-9,11-12,14-17,21-22H,7,10,13,18-19H2,1-6H3,(H,28,32). The SMILES string of the molecule is CCC(C)NC(=O)C(C)N(Cc1ccc(C)cc1)C(=O)CCCN(c1ccccc1OC)S(C)(=O)=O. The molecular formula is C27H39N3O5S. The average Bonchev–Trinajstić information content (AvgIpc) is 2.84. The van der Waals surface area contributed by atoms with Crippen LogP contribution in [0, 0.1) is 6.92 Å². The zero-order valence-electron chi connectivity index (χ0n) is 22.2. The summed E-state index contributed by atoms with van der Waals surface area (Å²) in [4.78, 5) is 27.8. The van der Waals surface area contributed by atoms with E-state index in [9.17, 15) is 18.0 Å². The Hall–Kier alpha value is -3.07. The lowest BCUT2D eigenvalue weighted by Crippen LogP contribution is -2.49. The molecule has 8 nitrogen and oxygen atoms in total. The second kappa shape index (κ2) is 13.3. The molecule has 2 aromatic carbocycles. The molecule has 2 aromatic rings. The minimum Gasteiger partial charge on any atom is -0.495 e. The highest BCUT2D eigenvalue weighted by atomic mass is 32.2. The van der Waals surface area contributed by atoms with E-state index >= 15 is 0 Å². The molecule has 0 fully saturated rings. The van der Waals surface area contributed by atoms with E-state index in [1.54, 1.807) is 36.1 Å². The number of ether oxygens (including phenoxy) is 1. The number of hydrogen-bond donors (Lipinski definition) is 1. The van der Waals surface area contributed by atoms with Crippen LogP contribution < -0.4 is 14.4 Å². The molecule has 0 saturated carbocycles. The van der Waals surface area contributed by atoms with Crippen LogP contribution in [-0.2, 0) is 26.2 Å². The van der Waals surface area contributed by atoms with Crippen LogP contribution in [0.25, 0.3) is 0 Å². The largest absolute Gasteiger partial charge is 0.495 e. The molecule has 36 heavy (non-hydrogen) atoms. The zero-order valence-corrected chi connectivity index (χ0v) is 23.0. The summed E-state index contributed by atoms with van der Waals surface area (Å²) in [5.41, 5.74) is 2.45. The molecule has 0 heterocycles. The summed E-state index contributed by atoms with van der Waals surface area (Å²) in [6.45, 7) is 8.02. The minimum absolute atomic E-state index is 0.000415. The van der Waals surface area contributed by atoms with Crippen molar-refractivity contribution in [3.63, 3.8) is 0 Å². The molecule has 0 aliphatic heterocycles. The van der Waals surface area contributed by atoms with E-state index in [4.69, 9.17) is 4.74 Å². The van der Waals surface area contributed by atoms with Gasteiger partial charge in [0.05, 0.1) is 19.1 Å². The number of nitrogens with one attached hydrogen (secondary N) is 1. The third-order valence-corrected chi connectivity index (χ3v) is 7.33. The van der Waals surface area contributed by atoms with Gasteiger partial charge in [-0.3, -0.25) is 13.9 Å². The number of methoxy groups -OCH3 is 1. The predicted octanol–water partition coefficient (Wildman–Crippen LogP) is 3.88. The first-order valence-corrected chi connectivity index (χ1v) is 14.1. The van der Waals surface area contributed by atoms with E-state index in [0.29, 0.717) is 11.4 Å². The maximum atomic E-state index is 13.4. The molecule has 198 valence electrons. The summed E-state index contributed by atoms with van der Waals surface area (Å²) in [6, 6.07) is 14.0. The van der Waals surface area contributed by atoms with Crippen LogP contribution >= 0.6 is 0 Å². The van der Waals surface area contributed by atoms with E-state index in [0.717, 1.165) is 23.8 Å². The van der Waals surface area contributed by atoms with Gasteiger partial charge in [0, 0.05) is 25.6 Å². The van der Waals surface area contributed by atoms with Crippen LogP contribution in [0.3, 0.4) is 0 Å².